The molecule has 8 heteroatoms. The zero-order valence-electron chi connectivity index (χ0n) is 7.97. The van der Waals surface area contributed by atoms with Gasteiger partial charge in [0.1, 0.15) is 0 Å². The highest BCUT2D eigenvalue weighted by atomic mass is 32.2. The number of hydrogen-bond acceptors (Lipinski definition) is 7. The van der Waals surface area contributed by atoms with Crippen molar-refractivity contribution in [2.75, 3.05) is 25.4 Å². The minimum atomic E-state index is -3.51. The summed E-state index contributed by atoms with van der Waals surface area (Å²) in [6, 6.07) is 0. The molecular weight excluding hydrogens is 210 g/mol. The van der Waals surface area contributed by atoms with Gasteiger partial charge in [-0.25, -0.2) is 0 Å². The molecule has 1 heterocycles. The van der Waals surface area contributed by atoms with Crippen LogP contribution >= 0.6 is 0 Å². The second kappa shape index (κ2) is 4.09. The Labute approximate surface area is 83.0 Å². The van der Waals surface area contributed by atoms with Gasteiger partial charge in [-0.2, -0.15) is 17.8 Å². The molecular formula is C6H15N3O4S. The first kappa shape index (κ1) is 11.8. The highest BCUT2D eigenvalue weighted by Gasteiger charge is 2.31. The van der Waals surface area contributed by atoms with E-state index in [0.717, 1.165) is 0 Å². The molecule has 0 unspecified atom stereocenters. The van der Waals surface area contributed by atoms with Gasteiger partial charge in [0.05, 0.1) is 18.9 Å². The van der Waals surface area contributed by atoms with E-state index in [1.807, 2.05) is 0 Å². The lowest BCUT2D eigenvalue weighted by atomic mass is 10.4. The van der Waals surface area contributed by atoms with Crippen molar-refractivity contribution in [1.29, 1.82) is 0 Å². The van der Waals surface area contributed by atoms with Crippen molar-refractivity contribution < 1.29 is 17.4 Å². The van der Waals surface area contributed by atoms with Crippen LogP contribution < -0.4 is 11.5 Å². The Bertz CT molecular complexity index is 289. The third-order valence-electron chi connectivity index (χ3n) is 1.71. The topological polar surface area (TPSA) is 108 Å². The van der Waals surface area contributed by atoms with Crippen LogP contribution in [0.5, 0.6) is 0 Å². The van der Waals surface area contributed by atoms with Gasteiger partial charge in [0.15, 0.2) is 5.85 Å². The average molecular weight is 225 g/mol. The zero-order chi connectivity index (χ0) is 10.8. The predicted octanol–water partition coefficient (Wildman–Crippen LogP) is -1.83. The fourth-order valence-electron chi connectivity index (χ4n) is 1.01. The maximum atomic E-state index is 11.1. The van der Waals surface area contributed by atoms with E-state index >= 15 is 0 Å². The largest absolute Gasteiger partial charge is 0.345 e. The maximum absolute atomic E-state index is 11.1. The Morgan fingerprint density at radius 1 is 1.57 bits per heavy atom. The lowest BCUT2D eigenvalue weighted by molar-refractivity contribution is -0.184. The van der Waals surface area contributed by atoms with Gasteiger partial charge in [-0.3, -0.25) is 11.5 Å². The molecule has 0 aromatic carbocycles. The third-order valence-corrected chi connectivity index (χ3v) is 2.85. The second-order valence-corrected chi connectivity index (χ2v) is 4.93. The van der Waals surface area contributed by atoms with Gasteiger partial charge in [0.25, 0.3) is 10.1 Å². The zero-order valence-corrected chi connectivity index (χ0v) is 8.79. The van der Waals surface area contributed by atoms with Crippen LogP contribution in [0.3, 0.4) is 0 Å². The lowest BCUT2D eigenvalue weighted by Crippen LogP contribution is -2.63. The van der Waals surface area contributed by atoms with Gasteiger partial charge >= 0.3 is 0 Å². The van der Waals surface area contributed by atoms with Gasteiger partial charge in [0, 0.05) is 6.54 Å². The normalized spacial score (nSPS) is 23.6. The van der Waals surface area contributed by atoms with Crippen LogP contribution in [0, 0.1) is 0 Å². The minimum absolute atomic E-state index is 0.0201. The highest BCUT2D eigenvalue weighted by molar-refractivity contribution is 7.86. The van der Waals surface area contributed by atoms with Crippen molar-refractivity contribution in [1.82, 2.24) is 5.06 Å². The van der Waals surface area contributed by atoms with Crippen molar-refractivity contribution in [3.05, 3.63) is 0 Å². The van der Waals surface area contributed by atoms with Crippen molar-refractivity contribution in [3.8, 4) is 0 Å². The first-order chi connectivity index (χ1) is 6.35. The first-order valence-corrected chi connectivity index (χ1v) is 5.81. The summed E-state index contributed by atoms with van der Waals surface area (Å²) in [7, 11) is -3.51. The van der Waals surface area contributed by atoms with E-state index < -0.39 is 16.0 Å². The van der Waals surface area contributed by atoms with Gasteiger partial charge in [-0.1, -0.05) is 0 Å². The van der Waals surface area contributed by atoms with E-state index in [4.69, 9.17) is 20.5 Å². The summed E-state index contributed by atoms with van der Waals surface area (Å²) in [5, 5.41) is 1.20. The lowest BCUT2D eigenvalue weighted by Gasteiger charge is -2.35. The molecule has 0 aromatic heterocycles. The molecule has 1 saturated heterocycles. The molecule has 0 saturated carbocycles. The number of rotatable bonds is 3. The van der Waals surface area contributed by atoms with E-state index in [0.29, 0.717) is 6.54 Å². The molecule has 0 bridgehead atoms. The number of hydrogen-bond donors (Lipinski definition) is 2. The molecule has 0 aliphatic carbocycles. The van der Waals surface area contributed by atoms with E-state index in [1.165, 1.54) is 12.0 Å². The molecule has 1 rings (SSSR count). The van der Waals surface area contributed by atoms with Gasteiger partial charge in [-0.05, 0) is 6.92 Å². The Morgan fingerprint density at radius 2 is 2.21 bits per heavy atom. The molecule has 1 aliphatic rings. The number of morpholine rings is 1. The van der Waals surface area contributed by atoms with E-state index in [-0.39, 0.29) is 18.9 Å². The molecule has 1 fully saturated rings. The summed E-state index contributed by atoms with van der Waals surface area (Å²) >= 11 is 0. The quantitative estimate of drug-likeness (QED) is 0.544. The number of ether oxygens (including phenoxy) is 1. The van der Waals surface area contributed by atoms with Gasteiger partial charge in [0.2, 0.25) is 0 Å². The molecule has 0 radical (unpaired) electrons. The van der Waals surface area contributed by atoms with Crippen molar-refractivity contribution in [2.24, 2.45) is 11.5 Å². The molecule has 0 atom stereocenters. The molecule has 0 amide bonds. The number of hydroxylamine groups is 2. The second-order valence-electron chi connectivity index (χ2n) is 3.09. The Hall–Kier alpha value is -0.250. The van der Waals surface area contributed by atoms with Crippen molar-refractivity contribution in [2.45, 2.75) is 12.8 Å². The summed E-state index contributed by atoms with van der Waals surface area (Å²) in [5.41, 5.74) is 10.9. The SMILES string of the molecule is CCS(=O)(=O)ON1CCOC(N)(N)C1. The predicted molar refractivity (Wildman–Crippen MR) is 49.2 cm³/mol. The molecule has 14 heavy (non-hydrogen) atoms. The van der Waals surface area contributed by atoms with Gasteiger partial charge < -0.3 is 4.74 Å². The monoisotopic (exact) mass is 225 g/mol. The summed E-state index contributed by atoms with van der Waals surface area (Å²) in [6.45, 7) is 2.09. The van der Waals surface area contributed by atoms with E-state index in [9.17, 15) is 8.42 Å². The van der Waals surface area contributed by atoms with Crippen LogP contribution in [0.15, 0.2) is 0 Å². The van der Waals surface area contributed by atoms with Gasteiger partial charge in [-0.15, -0.1) is 0 Å². The Morgan fingerprint density at radius 3 is 2.71 bits per heavy atom. The molecule has 4 N–H and O–H groups in total. The molecule has 0 aromatic rings. The minimum Gasteiger partial charge on any atom is -0.345 e. The van der Waals surface area contributed by atoms with E-state index in [1.54, 1.807) is 0 Å². The Kier molecular flexibility index (Phi) is 3.45. The Balaban J connectivity index is 2.54. The van der Waals surface area contributed by atoms with Crippen molar-refractivity contribution >= 4 is 10.1 Å². The molecule has 7 nitrogen and oxygen atoms in total. The number of nitrogens with zero attached hydrogens (tertiary/aromatic N) is 1. The average Bonchev–Trinajstić information content (AvgIpc) is 2.01. The fraction of sp³-hybridized carbons (Fsp3) is 1.00. The summed E-state index contributed by atoms with van der Waals surface area (Å²) in [5.74, 6) is -1.44. The summed E-state index contributed by atoms with van der Waals surface area (Å²) in [4.78, 5) is 0. The smallest absolute Gasteiger partial charge is 0.283 e. The van der Waals surface area contributed by atoms with Crippen molar-refractivity contribution in [3.63, 3.8) is 0 Å². The summed E-state index contributed by atoms with van der Waals surface area (Å²) in [6.07, 6.45) is 0. The standard InChI is InChI=1S/C6H15N3O4S/c1-2-14(10,11)13-9-3-4-12-6(7,8)5-9/h2-5,7-8H2,1H3. The van der Waals surface area contributed by atoms with Crippen LogP contribution in [0.25, 0.3) is 0 Å². The van der Waals surface area contributed by atoms with E-state index in [2.05, 4.69) is 0 Å². The van der Waals surface area contributed by atoms with Crippen LogP contribution in [0.1, 0.15) is 6.92 Å². The number of nitrogens with two attached hydrogens (primary N) is 2. The maximum Gasteiger partial charge on any atom is 0.283 e. The molecule has 0 spiro atoms. The fourth-order valence-corrected chi connectivity index (χ4v) is 1.57. The third kappa shape index (κ3) is 3.48. The van der Waals surface area contributed by atoms with Crippen LogP contribution in [0.2, 0.25) is 0 Å². The molecule has 84 valence electrons. The van der Waals surface area contributed by atoms with Crippen LogP contribution in [-0.4, -0.2) is 44.8 Å². The van der Waals surface area contributed by atoms with Crippen LogP contribution in [-0.2, 0) is 19.1 Å². The highest BCUT2D eigenvalue weighted by Crippen LogP contribution is 2.09. The summed E-state index contributed by atoms with van der Waals surface area (Å²) < 4.78 is 31.9. The first-order valence-electron chi connectivity index (χ1n) is 4.23. The van der Waals surface area contributed by atoms with Crippen LogP contribution in [0.4, 0.5) is 0 Å². The molecule has 1 aliphatic heterocycles.